The summed E-state index contributed by atoms with van der Waals surface area (Å²) in [5, 5.41) is 4.58. The Morgan fingerprint density at radius 2 is 1.94 bits per heavy atom. The topological polar surface area (TPSA) is 62.3 Å². The standard InChI is InChI=1S/C25H23Cl2N3O2S/c1-13-4-3-5-15(8-13)23-22(29-14(2)33-23)25(32)30-18(9-17-11-21(17)30)12-28-24(31)16-6-7-19(26)20(27)10-16/h3-8,10,17-18,21H,9,11-12H2,1-2H3,(H,28,31)/t17-,18-,21-/m0/s1. The summed E-state index contributed by atoms with van der Waals surface area (Å²) in [4.78, 5) is 33.8. The number of rotatable bonds is 5. The summed E-state index contributed by atoms with van der Waals surface area (Å²) in [6.45, 7) is 4.36. The van der Waals surface area contributed by atoms with Gasteiger partial charge in [-0.3, -0.25) is 9.59 Å². The predicted octanol–water partition coefficient (Wildman–Crippen LogP) is 5.77. The molecule has 1 N–H and O–H groups in total. The van der Waals surface area contributed by atoms with Crippen molar-refractivity contribution in [3.05, 3.63) is 74.3 Å². The van der Waals surface area contributed by atoms with Crippen molar-refractivity contribution < 1.29 is 9.59 Å². The van der Waals surface area contributed by atoms with Crippen LogP contribution in [0.15, 0.2) is 42.5 Å². The normalized spacial score (nSPS) is 21.1. The van der Waals surface area contributed by atoms with Gasteiger partial charge in [0.05, 0.1) is 26.0 Å². The molecule has 2 aromatic carbocycles. The van der Waals surface area contributed by atoms with Crippen molar-refractivity contribution in [2.45, 2.75) is 38.8 Å². The first-order chi connectivity index (χ1) is 15.8. The summed E-state index contributed by atoms with van der Waals surface area (Å²) in [5.74, 6) is 0.226. The van der Waals surface area contributed by atoms with E-state index in [2.05, 4.69) is 16.4 Å². The molecule has 5 nitrogen and oxygen atoms in total. The second-order valence-electron chi connectivity index (χ2n) is 8.78. The molecule has 1 aromatic heterocycles. The number of hydrogen-bond donors (Lipinski definition) is 1. The van der Waals surface area contributed by atoms with Gasteiger partial charge in [-0.05, 0) is 56.4 Å². The molecule has 2 amide bonds. The Morgan fingerprint density at radius 1 is 1.12 bits per heavy atom. The molecule has 1 saturated heterocycles. The number of likely N-dealkylation sites (tertiary alicyclic amines) is 1. The monoisotopic (exact) mass is 499 g/mol. The van der Waals surface area contributed by atoms with Crippen molar-refractivity contribution in [1.29, 1.82) is 0 Å². The van der Waals surface area contributed by atoms with Crippen LogP contribution in [0.5, 0.6) is 0 Å². The average Bonchev–Trinajstić information content (AvgIpc) is 3.27. The van der Waals surface area contributed by atoms with Crippen LogP contribution in [0, 0.1) is 19.8 Å². The van der Waals surface area contributed by atoms with Gasteiger partial charge in [0, 0.05) is 18.2 Å². The third kappa shape index (κ3) is 4.39. The lowest BCUT2D eigenvalue weighted by Gasteiger charge is -2.27. The first-order valence-corrected chi connectivity index (χ1v) is 12.5. The summed E-state index contributed by atoms with van der Waals surface area (Å²) in [6, 6.07) is 13.1. The highest BCUT2D eigenvalue weighted by Crippen LogP contribution is 2.48. The SMILES string of the molecule is Cc1cccc(-c2sc(C)nc2C(=O)N2[C@H](CNC(=O)c3ccc(Cl)c(Cl)c3)C[C@H]3C[C@@H]32)c1. The number of aromatic nitrogens is 1. The Kier molecular flexibility index (Phi) is 5.93. The van der Waals surface area contributed by atoms with E-state index in [1.165, 1.54) is 0 Å². The maximum atomic E-state index is 13.7. The van der Waals surface area contributed by atoms with Crippen LogP contribution < -0.4 is 5.32 Å². The van der Waals surface area contributed by atoms with Crippen LogP contribution in [-0.2, 0) is 0 Å². The molecule has 1 aliphatic heterocycles. The fraction of sp³-hybridized carbons (Fsp3) is 0.320. The Hall–Kier alpha value is -2.41. The minimum absolute atomic E-state index is 0.0466. The van der Waals surface area contributed by atoms with E-state index in [4.69, 9.17) is 23.2 Å². The van der Waals surface area contributed by atoms with E-state index in [-0.39, 0.29) is 23.9 Å². The van der Waals surface area contributed by atoms with Crippen LogP contribution >= 0.6 is 34.5 Å². The number of aryl methyl sites for hydroxylation is 2. The molecule has 2 heterocycles. The van der Waals surface area contributed by atoms with Gasteiger partial charge in [0.25, 0.3) is 11.8 Å². The minimum atomic E-state index is -0.230. The molecule has 0 bridgehead atoms. The fourth-order valence-corrected chi connectivity index (χ4v) is 5.89. The van der Waals surface area contributed by atoms with Crippen LogP contribution in [0.1, 0.15) is 44.3 Å². The number of piperidine rings is 1. The number of amides is 2. The maximum absolute atomic E-state index is 13.7. The van der Waals surface area contributed by atoms with Gasteiger partial charge < -0.3 is 10.2 Å². The molecular formula is C25H23Cl2N3O2S. The molecule has 1 aliphatic carbocycles. The first kappa shape index (κ1) is 22.4. The van der Waals surface area contributed by atoms with Crippen molar-refractivity contribution in [3.63, 3.8) is 0 Å². The quantitative estimate of drug-likeness (QED) is 0.484. The van der Waals surface area contributed by atoms with E-state index < -0.39 is 0 Å². The Morgan fingerprint density at radius 3 is 2.70 bits per heavy atom. The van der Waals surface area contributed by atoms with Crippen LogP contribution in [0.4, 0.5) is 0 Å². The largest absolute Gasteiger partial charge is 0.350 e. The van der Waals surface area contributed by atoms with E-state index in [1.54, 1.807) is 29.5 Å². The van der Waals surface area contributed by atoms with Crippen LogP contribution in [-0.4, -0.2) is 40.3 Å². The molecule has 0 unspecified atom stereocenters. The zero-order valence-electron chi connectivity index (χ0n) is 18.3. The molecule has 2 fully saturated rings. The van der Waals surface area contributed by atoms with Gasteiger partial charge in [-0.2, -0.15) is 0 Å². The third-order valence-electron chi connectivity index (χ3n) is 6.34. The number of carbonyl (C=O) groups is 2. The van der Waals surface area contributed by atoms with Crippen molar-refractivity contribution in [2.24, 2.45) is 5.92 Å². The molecular weight excluding hydrogens is 477 g/mol. The number of thiazole rings is 1. The molecule has 3 aromatic rings. The third-order valence-corrected chi connectivity index (χ3v) is 8.10. The number of carbonyl (C=O) groups excluding carboxylic acids is 2. The second kappa shape index (κ2) is 8.75. The van der Waals surface area contributed by atoms with Gasteiger partial charge in [-0.15, -0.1) is 11.3 Å². The maximum Gasteiger partial charge on any atom is 0.274 e. The van der Waals surface area contributed by atoms with Gasteiger partial charge in [0.1, 0.15) is 5.69 Å². The number of benzene rings is 2. The lowest BCUT2D eigenvalue weighted by Crippen LogP contribution is -2.45. The zero-order valence-corrected chi connectivity index (χ0v) is 20.6. The Balaban J connectivity index is 1.35. The lowest BCUT2D eigenvalue weighted by molar-refractivity contribution is 0.0684. The highest BCUT2D eigenvalue weighted by atomic mass is 35.5. The number of fused-ring (bicyclic) bond motifs is 1. The van der Waals surface area contributed by atoms with E-state index in [9.17, 15) is 9.59 Å². The highest BCUT2D eigenvalue weighted by molar-refractivity contribution is 7.15. The summed E-state index contributed by atoms with van der Waals surface area (Å²) in [7, 11) is 0. The number of nitrogens with one attached hydrogen (secondary N) is 1. The lowest BCUT2D eigenvalue weighted by atomic mass is 10.1. The van der Waals surface area contributed by atoms with E-state index >= 15 is 0 Å². The predicted molar refractivity (Wildman–Crippen MR) is 132 cm³/mol. The molecule has 2 aliphatic rings. The van der Waals surface area contributed by atoms with E-state index in [0.717, 1.165) is 33.9 Å². The first-order valence-electron chi connectivity index (χ1n) is 10.9. The van der Waals surface area contributed by atoms with Crippen molar-refractivity contribution >= 4 is 46.4 Å². The van der Waals surface area contributed by atoms with E-state index in [1.807, 2.05) is 36.9 Å². The van der Waals surface area contributed by atoms with E-state index in [0.29, 0.717) is 33.8 Å². The molecule has 3 atom stereocenters. The molecule has 170 valence electrons. The molecule has 0 radical (unpaired) electrons. The van der Waals surface area contributed by atoms with Crippen molar-refractivity contribution in [3.8, 4) is 10.4 Å². The van der Waals surface area contributed by atoms with Gasteiger partial charge >= 0.3 is 0 Å². The second-order valence-corrected chi connectivity index (χ2v) is 10.8. The Labute approximate surface area is 206 Å². The summed E-state index contributed by atoms with van der Waals surface area (Å²) < 4.78 is 0. The van der Waals surface area contributed by atoms with Crippen molar-refractivity contribution in [1.82, 2.24) is 15.2 Å². The summed E-state index contributed by atoms with van der Waals surface area (Å²) in [6.07, 6.45) is 1.91. The molecule has 5 rings (SSSR count). The highest BCUT2D eigenvalue weighted by Gasteiger charge is 2.54. The zero-order chi connectivity index (χ0) is 23.3. The minimum Gasteiger partial charge on any atom is -0.350 e. The molecule has 1 saturated carbocycles. The van der Waals surface area contributed by atoms with Gasteiger partial charge in [0.2, 0.25) is 0 Å². The number of nitrogens with zero attached hydrogens (tertiary/aromatic N) is 2. The summed E-state index contributed by atoms with van der Waals surface area (Å²) >= 11 is 13.5. The van der Waals surface area contributed by atoms with Crippen LogP contribution in [0.25, 0.3) is 10.4 Å². The smallest absolute Gasteiger partial charge is 0.274 e. The number of hydrogen-bond acceptors (Lipinski definition) is 4. The average molecular weight is 500 g/mol. The van der Waals surface area contributed by atoms with Gasteiger partial charge in [-0.1, -0.05) is 53.0 Å². The van der Waals surface area contributed by atoms with Gasteiger partial charge in [-0.25, -0.2) is 4.98 Å². The summed E-state index contributed by atoms with van der Waals surface area (Å²) in [5.41, 5.74) is 3.11. The number of halogens is 2. The molecule has 8 heteroatoms. The van der Waals surface area contributed by atoms with Crippen LogP contribution in [0.3, 0.4) is 0 Å². The molecule has 33 heavy (non-hydrogen) atoms. The van der Waals surface area contributed by atoms with Crippen molar-refractivity contribution in [2.75, 3.05) is 6.54 Å². The van der Waals surface area contributed by atoms with Crippen LogP contribution in [0.2, 0.25) is 10.0 Å². The fourth-order valence-electron chi connectivity index (χ4n) is 4.68. The van der Waals surface area contributed by atoms with Gasteiger partial charge in [0.15, 0.2) is 0 Å². The Bertz CT molecular complexity index is 1260. The molecule has 0 spiro atoms.